The number of pyridine rings is 1. The first-order valence-corrected chi connectivity index (χ1v) is 11.7. The van der Waals surface area contributed by atoms with Crippen LogP contribution in [0.25, 0.3) is 22.0 Å². The van der Waals surface area contributed by atoms with Gasteiger partial charge in [-0.25, -0.2) is 8.42 Å². The van der Waals surface area contributed by atoms with E-state index < -0.39 is 9.84 Å². The number of carbonyl (C=O) groups excluding carboxylic acids is 1. The predicted octanol–water partition coefficient (Wildman–Crippen LogP) is 3.88. The van der Waals surface area contributed by atoms with Crippen molar-refractivity contribution in [1.29, 1.82) is 0 Å². The molecule has 0 unspecified atom stereocenters. The lowest BCUT2D eigenvalue weighted by Crippen LogP contribution is -2.23. The second-order valence-electron chi connectivity index (χ2n) is 7.64. The summed E-state index contributed by atoms with van der Waals surface area (Å²) in [6, 6.07) is 16.8. The molecule has 6 nitrogen and oxygen atoms in total. The van der Waals surface area contributed by atoms with E-state index in [0.717, 1.165) is 28.3 Å². The van der Waals surface area contributed by atoms with Gasteiger partial charge in [0.25, 0.3) is 5.91 Å². The number of nitrogens with zero attached hydrogens (tertiary/aromatic N) is 2. The van der Waals surface area contributed by atoms with Gasteiger partial charge < -0.3 is 9.88 Å². The standard InChI is InChI=1S/C24H23N3O3S/c1-16-8-9-18(13-23(16)31(3,29)30)24(28)26-14-19-12-17(10-11-25-19)21-15-27(2)22-7-5-4-6-20(21)22/h4-13,15H,14H2,1-3H3,(H,26,28). The maximum Gasteiger partial charge on any atom is 0.251 e. The minimum atomic E-state index is -3.40. The van der Waals surface area contributed by atoms with Crippen molar-refractivity contribution in [2.75, 3.05) is 6.26 Å². The van der Waals surface area contributed by atoms with E-state index in [1.54, 1.807) is 25.3 Å². The molecule has 0 bridgehead atoms. The van der Waals surface area contributed by atoms with Gasteiger partial charge in [0, 0.05) is 47.7 Å². The zero-order chi connectivity index (χ0) is 22.2. The lowest BCUT2D eigenvalue weighted by molar-refractivity contribution is 0.0950. The summed E-state index contributed by atoms with van der Waals surface area (Å²) in [5.74, 6) is -0.345. The Kier molecular flexibility index (Phi) is 5.37. The van der Waals surface area contributed by atoms with E-state index in [9.17, 15) is 13.2 Å². The van der Waals surface area contributed by atoms with Crippen LogP contribution in [0, 0.1) is 6.92 Å². The van der Waals surface area contributed by atoms with E-state index in [-0.39, 0.29) is 17.3 Å². The molecule has 2 heterocycles. The molecule has 158 valence electrons. The molecular formula is C24H23N3O3S. The van der Waals surface area contributed by atoms with E-state index in [2.05, 4.69) is 33.2 Å². The fourth-order valence-electron chi connectivity index (χ4n) is 3.73. The molecular weight excluding hydrogens is 410 g/mol. The summed E-state index contributed by atoms with van der Waals surface area (Å²) in [4.78, 5) is 17.1. The molecule has 1 N–H and O–H groups in total. The number of hydrogen-bond donors (Lipinski definition) is 1. The van der Waals surface area contributed by atoms with Crippen molar-refractivity contribution >= 4 is 26.6 Å². The van der Waals surface area contributed by atoms with E-state index >= 15 is 0 Å². The van der Waals surface area contributed by atoms with Gasteiger partial charge in [-0.2, -0.15) is 0 Å². The molecule has 0 atom stereocenters. The Bertz CT molecular complexity index is 1400. The average Bonchev–Trinajstić information content (AvgIpc) is 3.09. The molecule has 2 aromatic heterocycles. The number of para-hydroxylation sites is 1. The highest BCUT2D eigenvalue weighted by Crippen LogP contribution is 2.30. The number of nitrogens with one attached hydrogen (secondary N) is 1. The van der Waals surface area contributed by atoms with Crippen molar-refractivity contribution in [3.8, 4) is 11.1 Å². The SMILES string of the molecule is Cc1ccc(C(=O)NCc2cc(-c3cn(C)c4ccccc34)ccn2)cc1S(C)(=O)=O. The Hall–Kier alpha value is -3.45. The van der Waals surface area contributed by atoms with Gasteiger partial charge in [0.2, 0.25) is 0 Å². The topological polar surface area (TPSA) is 81.1 Å². The summed E-state index contributed by atoms with van der Waals surface area (Å²) in [5.41, 5.74) is 4.90. The van der Waals surface area contributed by atoms with E-state index in [0.29, 0.717) is 16.8 Å². The number of benzene rings is 2. The van der Waals surface area contributed by atoms with Crippen molar-refractivity contribution in [1.82, 2.24) is 14.9 Å². The normalized spacial score (nSPS) is 11.6. The minimum Gasteiger partial charge on any atom is -0.350 e. The number of rotatable bonds is 5. The van der Waals surface area contributed by atoms with E-state index in [4.69, 9.17) is 0 Å². The lowest BCUT2D eigenvalue weighted by atomic mass is 10.1. The van der Waals surface area contributed by atoms with Crippen LogP contribution in [0.1, 0.15) is 21.6 Å². The largest absolute Gasteiger partial charge is 0.350 e. The average molecular weight is 434 g/mol. The fourth-order valence-corrected chi connectivity index (χ4v) is 4.72. The smallest absolute Gasteiger partial charge is 0.251 e. The summed E-state index contributed by atoms with van der Waals surface area (Å²) in [7, 11) is -1.39. The number of fused-ring (bicyclic) bond motifs is 1. The Labute approximate surface area is 181 Å². The summed E-state index contributed by atoms with van der Waals surface area (Å²) >= 11 is 0. The van der Waals surface area contributed by atoms with E-state index in [1.165, 1.54) is 6.07 Å². The highest BCUT2D eigenvalue weighted by atomic mass is 32.2. The van der Waals surface area contributed by atoms with Gasteiger partial charge in [-0.3, -0.25) is 9.78 Å². The van der Waals surface area contributed by atoms with Crippen LogP contribution >= 0.6 is 0 Å². The van der Waals surface area contributed by atoms with Crippen LogP contribution in [0.15, 0.2) is 71.9 Å². The number of sulfone groups is 1. The van der Waals surface area contributed by atoms with Crippen molar-refractivity contribution < 1.29 is 13.2 Å². The monoisotopic (exact) mass is 433 g/mol. The Morgan fingerprint density at radius 2 is 1.87 bits per heavy atom. The zero-order valence-corrected chi connectivity index (χ0v) is 18.4. The Balaban J connectivity index is 1.56. The molecule has 0 saturated carbocycles. The van der Waals surface area contributed by atoms with Gasteiger partial charge in [0.05, 0.1) is 17.1 Å². The minimum absolute atomic E-state index is 0.163. The molecule has 0 aliphatic rings. The molecule has 2 aromatic carbocycles. The third kappa shape index (κ3) is 4.22. The van der Waals surface area contributed by atoms with Gasteiger partial charge >= 0.3 is 0 Å². The lowest BCUT2D eigenvalue weighted by Gasteiger charge is -2.09. The molecule has 0 aliphatic carbocycles. The highest BCUT2D eigenvalue weighted by molar-refractivity contribution is 7.90. The number of hydrogen-bond acceptors (Lipinski definition) is 4. The second-order valence-corrected chi connectivity index (χ2v) is 9.63. The van der Waals surface area contributed by atoms with Crippen LogP contribution in [-0.4, -0.2) is 30.1 Å². The Morgan fingerprint density at radius 3 is 2.65 bits per heavy atom. The molecule has 31 heavy (non-hydrogen) atoms. The third-order valence-corrected chi connectivity index (χ3v) is 6.54. The number of amides is 1. The highest BCUT2D eigenvalue weighted by Gasteiger charge is 2.15. The van der Waals surface area contributed by atoms with Gasteiger partial charge in [-0.15, -0.1) is 0 Å². The molecule has 0 radical (unpaired) electrons. The maximum atomic E-state index is 12.6. The van der Waals surface area contributed by atoms with Crippen LogP contribution in [0.3, 0.4) is 0 Å². The van der Waals surface area contributed by atoms with E-state index in [1.807, 2.05) is 31.3 Å². The molecule has 1 amide bonds. The van der Waals surface area contributed by atoms with Crippen molar-refractivity contribution in [2.45, 2.75) is 18.4 Å². The van der Waals surface area contributed by atoms with Gasteiger partial charge in [-0.1, -0.05) is 24.3 Å². The molecule has 4 aromatic rings. The maximum absolute atomic E-state index is 12.6. The number of carbonyl (C=O) groups is 1. The summed E-state index contributed by atoms with van der Waals surface area (Å²) in [6.45, 7) is 1.94. The van der Waals surface area contributed by atoms with Crippen LogP contribution in [0.5, 0.6) is 0 Å². The van der Waals surface area contributed by atoms with Crippen LogP contribution < -0.4 is 5.32 Å². The third-order valence-electron chi connectivity index (χ3n) is 5.30. The molecule has 0 aliphatic heterocycles. The zero-order valence-electron chi connectivity index (χ0n) is 17.6. The Morgan fingerprint density at radius 1 is 1.10 bits per heavy atom. The molecule has 0 spiro atoms. The first kappa shape index (κ1) is 20.8. The summed E-state index contributed by atoms with van der Waals surface area (Å²) in [6.07, 6.45) is 4.95. The molecule has 0 saturated heterocycles. The molecule has 4 rings (SSSR count). The van der Waals surface area contributed by atoms with Crippen molar-refractivity contribution in [2.24, 2.45) is 7.05 Å². The summed E-state index contributed by atoms with van der Waals surface area (Å²) in [5, 5.41) is 3.98. The number of aryl methyl sites for hydroxylation is 2. The summed E-state index contributed by atoms with van der Waals surface area (Å²) < 4.78 is 25.9. The molecule has 7 heteroatoms. The van der Waals surface area contributed by atoms with Crippen LogP contribution in [-0.2, 0) is 23.4 Å². The quantitative estimate of drug-likeness (QED) is 0.518. The first-order valence-electron chi connectivity index (χ1n) is 9.82. The fraction of sp³-hybridized carbons (Fsp3) is 0.167. The van der Waals surface area contributed by atoms with Gasteiger partial charge in [-0.05, 0) is 48.4 Å². The van der Waals surface area contributed by atoms with Crippen LogP contribution in [0.4, 0.5) is 0 Å². The predicted molar refractivity (Wildman–Crippen MR) is 122 cm³/mol. The number of aromatic nitrogens is 2. The first-order chi connectivity index (χ1) is 14.7. The van der Waals surface area contributed by atoms with Crippen molar-refractivity contribution in [3.63, 3.8) is 0 Å². The van der Waals surface area contributed by atoms with Gasteiger partial charge in [0.15, 0.2) is 9.84 Å². The second kappa shape index (κ2) is 8.00. The molecule has 0 fully saturated rings. The van der Waals surface area contributed by atoms with Gasteiger partial charge in [0.1, 0.15) is 0 Å². The van der Waals surface area contributed by atoms with Crippen LogP contribution in [0.2, 0.25) is 0 Å². The van der Waals surface area contributed by atoms with Crippen molar-refractivity contribution in [3.05, 3.63) is 83.8 Å².